The fourth-order valence-corrected chi connectivity index (χ4v) is 6.84. The van der Waals surface area contributed by atoms with E-state index >= 15 is 0 Å². The van der Waals surface area contributed by atoms with Crippen LogP contribution >= 0.6 is 0 Å². The van der Waals surface area contributed by atoms with Crippen LogP contribution in [0.4, 0.5) is 0 Å². The van der Waals surface area contributed by atoms with Crippen LogP contribution in [0.25, 0.3) is 0 Å². The Bertz CT molecular complexity index is 1010. The largest absolute Gasteiger partial charge is 0.466 e. The van der Waals surface area contributed by atoms with Gasteiger partial charge in [-0.15, -0.1) is 0 Å². The fraction of sp³-hybridized carbons (Fsp3) is 0.854. The second kappa shape index (κ2) is 38.5. The van der Waals surface area contributed by atoms with Crippen LogP contribution in [0.3, 0.4) is 0 Å². The Morgan fingerprint density at radius 2 is 1.07 bits per heavy atom. The molecule has 0 saturated heterocycles. The minimum atomic E-state index is -0.118. The first kappa shape index (κ1) is 52.7. The summed E-state index contributed by atoms with van der Waals surface area (Å²) in [6, 6.07) is 0.481. The SMILES string of the molecule is C=C=C=CC(CCCC)CC(=O)OCCCCCCCCCCC(CCCCCCCCCCOC(=O)CC(C)CCCC)OC(=O)CCCN(C)C(C)C. The van der Waals surface area contributed by atoms with Gasteiger partial charge in [-0.2, -0.15) is 0 Å². The Morgan fingerprint density at radius 1 is 0.600 bits per heavy atom. The minimum Gasteiger partial charge on any atom is -0.466 e. The molecule has 0 amide bonds. The van der Waals surface area contributed by atoms with E-state index in [1.54, 1.807) is 0 Å². The highest BCUT2D eigenvalue weighted by Gasteiger charge is 2.16. The summed E-state index contributed by atoms with van der Waals surface area (Å²) in [6.45, 7) is 16.4. The van der Waals surface area contributed by atoms with Gasteiger partial charge in [-0.3, -0.25) is 14.4 Å². The van der Waals surface area contributed by atoms with Crippen molar-refractivity contribution in [2.45, 2.75) is 227 Å². The van der Waals surface area contributed by atoms with Crippen LogP contribution in [0.1, 0.15) is 214 Å². The van der Waals surface area contributed by atoms with E-state index in [0.29, 0.717) is 44.4 Å². The first-order chi connectivity index (χ1) is 26.6. The molecule has 320 valence electrons. The Kier molecular flexibility index (Phi) is 36.9. The molecule has 0 bridgehead atoms. The molecule has 3 unspecified atom stereocenters. The van der Waals surface area contributed by atoms with Crippen LogP contribution < -0.4 is 0 Å². The standard InChI is InChI=1S/C48H87NO6/c1-8-11-31-43(6)40-47(51)53-38-28-24-20-16-14-18-22-26-34-45(55-46(50)36-30-37-49(7)42(4)5)35-27-23-19-15-17-21-25-29-39-54-48(52)41-44(32-12-9-2)33-13-10-3/h32,42-45H,2,8,10-11,13-31,33-41H2,1,3-7H3. The number of carbonyl (C=O) groups excluding carboxylic acids is 3. The molecule has 7 heteroatoms. The van der Waals surface area contributed by atoms with E-state index < -0.39 is 0 Å². The van der Waals surface area contributed by atoms with Crippen molar-refractivity contribution in [2.24, 2.45) is 11.8 Å². The van der Waals surface area contributed by atoms with Gasteiger partial charge in [-0.25, -0.2) is 0 Å². The van der Waals surface area contributed by atoms with Crippen molar-refractivity contribution in [3.05, 3.63) is 24.1 Å². The third kappa shape index (κ3) is 35.8. The van der Waals surface area contributed by atoms with E-state index in [1.807, 2.05) is 6.08 Å². The zero-order valence-electron chi connectivity index (χ0n) is 36.9. The molecule has 0 aliphatic carbocycles. The molecule has 0 aliphatic heterocycles. The van der Waals surface area contributed by atoms with Gasteiger partial charge in [0, 0.05) is 18.9 Å². The molecular formula is C48H87NO6. The van der Waals surface area contributed by atoms with E-state index in [4.69, 9.17) is 14.2 Å². The Hall–Kier alpha value is -2.33. The molecule has 7 nitrogen and oxygen atoms in total. The second-order valence-corrected chi connectivity index (χ2v) is 16.5. The van der Waals surface area contributed by atoms with Crippen molar-refractivity contribution in [3.8, 4) is 0 Å². The summed E-state index contributed by atoms with van der Waals surface area (Å²) < 4.78 is 17.0. The number of hydrogen-bond acceptors (Lipinski definition) is 7. The number of esters is 3. The maximum Gasteiger partial charge on any atom is 0.306 e. The average Bonchev–Trinajstić information content (AvgIpc) is 3.15. The van der Waals surface area contributed by atoms with Gasteiger partial charge in [0.1, 0.15) is 6.10 Å². The lowest BCUT2D eigenvalue weighted by atomic mass is 9.98. The van der Waals surface area contributed by atoms with Crippen molar-refractivity contribution in [3.63, 3.8) is 0 Å². The number of allylic oxidation sites excluding steroid dienone is 1. The lowest BCUT2D eigenvalue weighted by molar-refractivity contribution is -0.150. The normalized spacial score (nSPS) is 12.9. The van der Waals surface area contributed by atoms with E-state index in [1.165, 1.54) is 77.0 Å². The van der Waals surface area contributed by atoms with Gasteiger partial charge in [-0.1, -0.05) is 141 Å². The summed E-state index contributed by atoms with van der Waals surface area (Å²) in [5, 5.41) is 0. The highest BCUT2D eigenvalue weighted by Crippen LogP contribution is 2.19. The molecule has 0 fully saturated rings. The monoisotopic (exact) mass is 774 g/mol. The van der Waals surface area contributed by atoms with Crippen molar-refractivity contribution in [1.29, 1.82) is 0 Å². The van der Waals surface area contributed by atoms with Crippen LogP contribution in [0.5, 0.6) is 0 Å². The number of hydrogen-bond donors (Lipinski definition) is 0. The topological polar surface area (TPSA) is 82.1 Å². The second-order valence-electron chi connectivity index (χ2n) is 16.5. The first-order valence-corrected chi connectivity index (χ1v) is 22.9. The Morgan fingerprint density at radius 3 is 1.56 bits per heavy atom. The molecule has 0 aromatic rings. The van der Waals surface area contributed by atoms with Crippen molar-refractivity contribution in [2.75, 3.05) is 26.8 Å². The first-order valence-electron chi connectivity index (χ1n) is 22.9. The zero-order valence-corrected chi connectivity index (χ0v) is 36.9. The van der Waals surface area contributed by atoms with Gasteiger partial charge in [0.15, 0.2) is 0 Å². The molecule has 0 aromatic heterocycles. The van der Waals surface area contributed by atoms with Gasteiger partial charge in [0.05, 0.1) is 19.6 Å². The molecule has 0 spiro atoms. The summed E-state index contributed by atoms with van der Waals surface area (Å²) in [5.74, 6) is 0.382. The van der Waals surface area contributed by atoms with Crippen molar-refractivity contribution >= 4 is 17.9 Å². The molecule has 0 radical (unpaired) electrons. The lowest BCUT2D eigenvalue weighted by Crippen LogP contribution is -2.28. The minimum absolute atomic E-state index is 0.0341. The highest BCUT2D eigenvalue weighted by molar-refractivity contribution is 5.70. The van der Waals surface area contributed by atoms with Gasteiger partial charge in [0.25, 0.3) is 0 Å². The third-order valence-electron chi connectivity index (χ3n) is 10.8. The summed E-state index contributed by atoms with van der Waals surface area (Å²) >= 11 is 0. The third-order valence-corrected chi connectivity index (χ3v) is 10.8. The lowest BCUT2D eigenvalue weighted by Gasteiger charge is -2.21. The number of ether oxygens (including phenoxy) is 3. The molecular weight excluding hydrogens is 687 g/mol. The summed E-state index contributed by atoms with van der Waals surface area (Å²) in [5.41, 5.74) is 5.55. The van der Waals surface area contributed by atoms with Crippen LogP contribution in [0.2, 0.25) is 0 Å². The van der Waals surface area contributed by atoms with E-state index in [0.717, 1.165) is 90.0 Å². The molecule has 0 saturated carbocycles. The predicted molar refractivity (Wildman–Crippen MR) is 230 cm³/mol. The molecule has 0 N–H and O–H groups in total. The molecule has 0 aromatic carbocycles. The number of carbonyl (C=O) groups is 3. The van der Waals surface area contributed by atoms with Crippen LogP contribution in [-0.4, -0.2) is 61.8 Å². The maximum atomic E-state index is 12.7. The summed E-state index contributed by atoms with van der Waals surface area (Å²) in [6.07, 6.45) is 31.1. The van der Waals surface area contributed by atoms with Gasteiger partial charge < -0.3 is 19.1 Å². The number of nitrogens with zero attached hydrogens (tertiary/aromatic N) is 1. The smallest absolute Gasteiger partial charge is 0.306 e. The maximum absolute atomic E-state index is 12.7. The fourth-order valence-electron chi connectivity index (χ4n) is 6.84. The van der Waals surface area contributed by atoms with Crippen LogP contribution in [0.15, 0.2) is 24.1 Å². The van der Waals surface area contributed by atoms with Gasteiger partial charge >= 0.3 is 17.9 Å². The van der Waals surface area contributed by atoms with Gasteiger partial charge in [-0.05, 0) is 103 Å². The van der Waals surface area contributed by atoms with Crippen LogP contribution in [-0.2, 0) is 28.6 Å². The quantitative estimate of drug-likeness (QED) is 0.0266. The van der Waals surface area contributed by atoms with Crippen molar-refractivity contribution < 1.29 is 28.6 Å². The Balaban J connectivity index is 4.23. The summed E-state index contributed by atoms with van der Waals surface area (Å²) in [7, 11) is 2.11. The molecule has 55 heavy (non-hydrogen) atoms. The molecule has 0 aliphatic rings. The van der Waals surface area contributed by atoms with Crippen LogP contribution in [0, 0.1) is 11.8 Å². The molecule has 0 rings (SSSR count). The Labute approximate surface area is 339 Å². The predicted octanol–water partition coefficient (Wildman–Crippen LogP) is 13.0. The number of unbranched alkanes of at least 4 members (excludes halogenated alkanes) is 16. The highest BCUT2D eigenvalue weighted by atomic mass is 16.5. The van der Waals surface area contributed by atoms with E-state index in [9.17, 15) is 14.4 Å². The molecule has 3 atom stereocenters. The van der Waals surface area contributed by atoms with E-state index in [-0.39, 0.29) is 29.9 Å². The van der Waals surface area contributed by atoms with E-state index in [2.05, 4.69) is 64.6 Å². The molecule has 0 heterocycles. The average molecular weight is 774 g/mol. The van der Waals surface area contributed by atoms with Crippen molar-refractivity contribution in [1.82, 2.24) is 4.90 Å². The van der Waals surface area contributed by atoms with Gasteiger partial charge in [0.2, 0.25) is 0 Å². The summed E-state index contributed by atoms with van der Waals surface area (Å²) in [4.78, 5) is 39.3. The zero-order chi connectivity index (χ0) is 40.8. The number of rotatable bonds is 39.